The molecule has 3 rings (SSSR count). The Bertz CT molecular complexity index is 825. The number of nitrogens with zero attached hydrogens (tertiary/aromatic N) is 3. The lowest BCUT2D eigenvalue weighted by Gasteiger charge is -2.30. The summed E-state index contributed by atoms with van der Waals surface area (Å²) in [4.78, 5) is 17.3. The minimum atomic E-state index is -1.64. The third kappa shape index (κ3) is 5.21. The van der Waals surface area contributed by atoms with E-state index in [0.717, 1.165) is 50.9 Å². The van der Waals surface area contributed by atoms with Crippen LogP contribution in [0.2, 0.25) is 0 Å². The van der Waals surface area contributed by atoms with Crippen LogP contribution >= 0.6 is 0 Å². The fourth-order valence-corrected chi connectivity index (χ4v) is 3.40. The van der Waals surface area contributed by atoms with Crippen molar-refractivity contribution in [1.29, 1.82) is 0 Å². The SMILES string of the molecule is CC(C)c1noc(N2CCC(CCCOc3cc(F)c(C(=O)O)c(F)c3)CC2)n1. The lowest BCUT2D eigenvalue weighted by atomic mass is 9.92. The number of anilines is 1. The van der Waals surface area contributed by atoms with Gasteiger partial charge < -0.3 is 19.3 Å². The van der Waals surface area contributed by atoms with Gasteiger partial charge in [-0.1, -0.05) is 19.0 Å². The number of hydrogen-bond acceptors (Lipinski definition) is 6. The summed E-state index contributed by atoms with van der Waals surface area (Å²) in [5.41, 5.74) is -0.967. The molecule has 0 amide bonds. The predicted molar refractivity (Wildman–Crippen MR) is 101 cm³/mol. The van der Waals surface area contributed by atoms with Crippen LogP contribution in [0, 0.1) is 17.6 Å². The van der Waals surface area contributed by atoms with Crippen LogP contribution in [0.4, 0.5) is 14.8 Å². The molecule has 0 aliphatic carbocycles. The number of benzene rings is 1. The molecule has 2 heterocycles. The Morgan fingerprint density at radius 3 is 2.52 bits per heavy atom. The Labute approximate surface area is 167 Å². The van der Waals surface area contributed by atoms with E-state index in [4.69, 9.17) is 14.4 Å². The van der Waals surface area contributed by atoms with Crippen molar-refractivity contribution in [2.24, 2.45) is 5.92 Å². The zero-order valence-electron chi connectivity index (χ0n) is 16.5. The summed E-state index contributed by atoms with van der Waals surface area (Å²) < 4.78 is 38.1. The van der Waals surface area contributed by atoms with Gasteiger partial charge in [0.2, 0.25) is 0 Å². The number of carbonyl (C=O) groups is 1. The molecule has 0 atom stereocenters. The van der Waals surface area contributed by atoms with E-state index in [1.165, 1.54) is 0 Å². The lowest BCUT2D eigenvalue weighted by molar-refractivity contribution is 0.0686. The number of aromatic nitrogens is 2. The normalized spacial score (nSPS) is 15.1. The molecule has 1 aliphatic heterocycles. The van der Waals surface area contributed by atoms with Crippen molar-refractivity contribution in [2.45, 2.75) is 45.4 Å². The average molecular weight is 409 g/mol. The Hall–Kier alpha value is -2.71. The van der Waals surface area contributed by atoms with E-state index in [0.29, 0.717) is 24.4 Å². The standard InChI is InChI=1S/C20H25F2N3O4/c1-12(2)18-23-20(29-24-18)25-7-5-13(6-8-25)4-3-9-28-14-10-15(21)17(19(26)27)16(22)11-14/h10-13H,3-9H2,1-2H3,(H,26,27). The van der Waals surface area contributed by atoms with E-state index in [-0.39, 0.29) is 11.7 Å². The minimum absolute atomic E-state index is 0.00262. The van der Waals surface area contributed by atoms with Gasteiger partial charge in [0.1, 0.15) is 22.9 Å². The summed E-state index contributed by atoms with van der Waals surface area (Å²) in [7, 11) is 0. The number of rotatable bonds is 8. The highest BCUT2D eigenvalue weighted by molar-refractivity contribution is 5.88. The summed E-state index contributed by atoms with van der Waals surface area (Å²) in [5, 5.41) is 12.8. The lowest BCUT2D eigenvalue weighted by Crippen LogP contribution is -2.34. The van der Waals surface area contributed by atoms with Crippen molar-refractivity contribution >= 4 is 12.0 Å². The topological polar surface area (TPSA) is 88.7 Å². The van der Waals surface area contributed by atoms with E-state index in [2.05, 4.69) is 15.0 Å². The van der Waals surface area contributed by atoms with Crippen molar-refractivity contribution in [3.63, 3.8) is 0 Å². The van der Waals surface area contributed by atoms with Gasteiger partial charge in [-0.05, 0) is 31.6 Å². The van der Waals surface area contributed by atoms with Gasteiger partial charge in [0.05, 0.1) is 6.61 Å². The van der Waals surface area contributed by atoms with E-state index in [9.17, 15) is 13.6 Å². The Morgan fingerprint density at radius 2 is 1.97 bits per heavy atom. The molecule has 0 unspecified atom stereocenters. The molecule has 9 heteroatoms. The second kappa shape index (κ2) is 9.19. The van der Waals surface area contributed by atoms with E-state index in [1.54, 1.807) is 0 Å². The molecule has 2 aromatic rings. The fourth-order valence-electron chi connectivity index (χ4n) is 3.40. The van der Waals surface area contributed by atoms with E-state index >= 15 is 0 Å². The number of carboxylic acid groups (broad SMARTS) is 1. The van der Waals surface area contributed by atoms with Gasteiger partial charge in [0.25, 0.3) is 0 Å². The smallest absolute Gasteiger partial charge is 0.341 e. The number of piperidine rings is 1. The molecule has 1 saturated heterocycles. The van der Waals surface area contributed by atoms with Crippen molar-refractivity contribution in [3.8, 4) is 5.75 Å². The van der Waals surface area contributed by atoms with Gasteiger partial charge in [-0.2, -0.15) is 4.98 Å². The molecule has 1 aromatic carbocycles. The maximum atomic E-state index is 13.7. The second-order valence-electron chi connectivity index (χ2n) is 7.58. The van der Waals surface area contributed by atoms with Crippen molar-refractivity contribution in [1.82, 2.24) is 10.1 Å². The third-order valence-corrected chi connectivity index (χ3v) is 5.09. The summed E-state index contributed by atoms with van der Waals surface area (Å²) in [5.74, 6) is -2.44. The van der Waals surface area contributed by atoms with Crippen LogP contribution in [0.3, 0.4) is 0 Å². The molecule has 0 spiro atoms. The molecule has 29 heavy (non-hydrogen) atoms. The summed E-state index contributed by atoms with van der Waals surface area (Å²) >= 11 is 0. The average Bonchev–Trinajstić information content (AvgIpc) is 3.15. The third-order valence-electron chi connectivity index (χ3n) is 5.09. The van der Waals surface area contributed by atoms with Crippen LogP contribution < -0.4 is 9.64 Å². The summed E-state index contributed by atoms with van der Waals surface area (Å²) in [6.07, 6.45) is 3.67. The van der Waals surface area contributed by atoms with Crippen LogP contribution in [0.15, 0.2) is 16.7 Å². The van der Waals surface area contributed by atoms with Gasteiger partial charge >= 0.3 is 12.0 Å². The maximum Gasteiger partial charge on any atom is 0.341 e. The van der Waals surface area contributed by atoms with Crippen LogP contribution in [-0.4, -0.2) is 40.9 Å². The highest BCUT2D eigenvalue weighted by Crippen LogP contribution is 2.26. The number of halogens is 2. The van der Waals surface area contributed by atoms with E-state index in [1.807, 2.05) is 13.8 Å². The molecule has 1 aliphatic rings. The minimum Gasteiger partial charge on any atom is -0.493 e. The molecular weight excluding hydrogens is 384 g/mol. The summed E-state index contributed by atoms with van der Waals surface area (Å²) in [6.45, 7) is 6.04. The number of hydrogen-bond donors (Lipinski definition) is 1. The first-order valence-corrected chi connectivity index (χ1v) is 9.78. The summed E-state index contributed by atoms with van der Waals surface area (Å²) in [6, 6.07) is 2.38. The van der Waals surface area contributed by atoms with E-state index < -0.39 is 23.2 Å². The fraction of sp³-hybridized carbons (Fsp3) is 0.550. The van der Waals surface area contributed by atoms with Crippen LogP contribution in [-0.2, 0) is 0 Å². The van der Waals surface area contributed by atoms with Crippen LogP contribution in [0.5, 0.6) is 5.75 Å². The highest BCUT2D eigenvalue weighted by Gasteiger charge is 2.23. The molecule has 1 aromatic heterocycles. The molecule has 7 nitrogen and oxygen atoms in total. The highest BCUT2D eigenvalue weighted by atomic mass is 19.1. The van der Waals surface area contributed by atoms with Gasteiger partial charge in [0, 0.05) is 31.1 Å². The van der Waals surface area contributed by atoms with Gasteiger partial charge in [-0.15, -0.1) is 0 Å². The molecule has 1 N–H and O–H groups in total. The maximum absolute atomic E-state index is 13.7. The largest absolute Gasteiger partial charge is 0.493 e. The first kappa shape index (κ1) is 21.0. The zero-order chi connectivity index (χ0) is 21.0. The Balaban J connectivity index is 1.40. The van der Waals surface area contributed by atoms with Gasteiger partial charge in [-0.25, -0.2) is 13.6 Å². The molecule has 0 radical (unpaired) electrons. The first-order valence-electron chi connectivity index (χ1n) is 9.78. The Morgan fingerprint density at radius 1 is 1.31 bits per heavy atom. The van der Waals surface area contributed by atoms with Crippen molar-refractivity contribution in [2.75, 3.05) is 24.6 Å². The van der Waals surface area contributed by atoms with Crippen LogP contribution in [0.25, 0.3) is 0 Å². The monoisotopic (exact) mass is 409 g/mol. The number of ether oxygens (including phenoxy) is 1. The van der Waals surface area contributed by atoms with Crippen molar-refractivity contribution < 1.29 is 27.9 Å². The van der Waals surface area contributed by atoms with Gasteiger partial charge in [0.15, 0.2) is 5.82 Å². The molecule has 158 valence electrons. The predicted octanol–water partition coefficient (Wildman–Crippen LogP) is 4.25. The number of aromatic carboxylic acids is 1. The van der Waals surface area contributed by atoms with Gasteiger partial charge in [-0.3, -0.25) is 0 Å². The molecule has 1 fully saturated rings. The number of carboxylic acids is 1. The van der Waals surface area contributed by atoms with Crippen molar-refractivity contribution in [3.05, 3.63) is 35.2 Å². The molecule has 0 saturated carbocycles. The Kier molecular flexibility index (Phi) is 6.66. The van der Waals surface area contributed by atoms with Crippen LogP contribution in [0.1, 0.15) is 61.6 Å². The molecule has 0 bridgehead atoms. The first-order chi connectivity index (χ1) is 13.8. The molecular formula is C20H25F2N3O4. The second-order valence-corrected chi connectivity index (χ2v) is 7.58. The zero-order valence-corrected chi connectivity index (χ0v) is 16.5. The quantitative estimate of drug-likeness (QED) is 0.652.